The Hall–Kier alpha value is -2.46. The fourth-order valence-corrected chi connectivity index (χ4v) is 3.12. The van der Waals surface area contributed by atoms with Gasteiger partial charge >= 0.3 is 0 Å². The van der Waals surface area contributed by atoms with Crippen molar-refractivity contribution in [3.8, 4) is 27.4 Å². The van der Waals surface area contributed by atoms with Gasteiger partial charge < -0.3 is 4.74 Å². The Bertz CT molecular complexity index is 789. The molecule has 0 aliphatic carbocycles. The van der Waals surface area contributed by atoms with E-state index in [9.17, 15) is 4.79 Å². The van der Waals surface area contributed by atoms with Crippen molar-refractivity contribution >= 4 is 17.6 Å². The molecule has 0 N–H and O–H groups in total. The van der Waals surface area contributed by atoms with Crippen LogP contribution >= 0.6 is 11.3 Å². The molecule has 22 heavy (non-hydrogen) atoms. The summed E-state index contributed by atoms with van der Waals surface area (Å²) >= 11 is 1.42. The van der Waals surface area contributed by atoms with E-state index in [0.717, 1.165) is 39.4 Å². The largest absolute Gasteiger partial charge is 0.497 e. The molecule has 0 amide bonds. The Morgan fingerprint density at radius 2 is 1.50 bits per heavy atom. The van der Waals surface area contributed by atoms with E-state index in [4.69, 9.17) is 4.74 Å². The maximum Gasteiger partial charge on any atom is 0.161 e. The molecule has 0 bridgehead atoms. The monoisotopic (exact) mass is 309 g/mol. The van der Waals surface area contributed by atoms with Crippen molar-refractivity contribution in [2.45, 2.75) is 6.92 Å². The molecule has 0 unspecified atom stereocenters. The molecule has 0 spiro atoms. The van der Waals surface area contributed by atoms with Crippen molar-refractivity contribution in [3.63, 3.8) is 0 Å². The number of aldehydes is 1. The van der Waals surface area contributed by atoms with Crippen LogP contribution < -0.4 is 4.74 Å². The average Bonchev–Trinajstić information content (AvgIpc) is 2.96. The molecule has 3 rings (SSSR count). The summed E-state index contributed by atoms with van der Waals surface area (Å²) in [7, 11) is 1.66. The van der Waals surface area contributed by atoms with Crippen LogP contribution in [0.5, 0.6) is 5.75 Å². The van der Waals surface area contributed by atoms with Crippen LogP contribution in [-0.4, -0.2) is 18.4 Å². The number of aryl methyl sites for hydroxylation is 1. The molecule has 0 aliphatic heterocycles. The van der Waals surface area contributed by atoms with Crippen LogP contribution in [0.15, 0.2) is 48.5 Å². The first-order chi connectivity index (χ1) is 10.7. The number of thiazole rings is 1. The van der Waals surface area contributed by atoms with Gasteiger partial charge in [-0.3, -0.25) is 4.79 Å². The molecule has 0 saturated carbocycles. The van der Waals surface area contributed by atoms with Gasteiger partial charge in [-0.1, -0.05) is 36.4 Å². The summed E-state index contributed by atoms with van der Waals surface area (Å²) in [6.07, 6.45) is 0.863. The van der Waals surface area contributed by atoms with Gasteiger partial charge in [0.15, 0.2) is 6.29 Å². The van der Waals surface area contributed by atoms with E-state index in [1.807, 2.05) is 43.3 Å². The Morgan fingerprint density at radius 1 is 0.955 bits per heavy atom. The van der Waals surface area contributed by atoms with Gasteiger partial charge in [-0.15, -0.1) is 11.3 Å². The maximum atomic E-state index is 10.9. The van der Waals surface area contributed by atoms with E-state index in [0.29, 0.717) is 4.88 Å². The average molecular weight is 309 g/mol. The van der Waals surface area contributed by atoms with Crippen LogP contribution in [0, 0.1) is 6.92 Å². The summed E-state index contributed by atoms with van der Waals surface area (Å²) in [5.74, 6) is 0.847. The number of nitrogens with zero attached hydrogens (tertiary/aromatic N) is 1. The van der Waals surface area contributed by atoms with Crippen LogP contribution in [0.2, 0.25) is 0 Å². The van der Waals surface area contributed by atoms with Gasteiger partial charge in [0.2, 0.25) is 0 Å². The van der Waals surface area contributed by atoms with Crippen LogP contribution in [0.1, 0.15) is 15.4 Å². The number of methoxy groups -OCH3 is 1. The van der Waals surface area contributed by atoms with Crippen molar-refractivity contribution in [1.82, 2.24) is 4.98 Å². The highest BCUT2D eigenvalue weighted by Gasteiger charge is 2.08. The molecule has 0 saturated heterocycles. The first-order valence-corrected chi connectivity index (χ1v) is 7.70. The van der Waals surface area contributed by atoms with Gasteiger partial charge in [0, 0.05) is 5.56 Å². The number of aromatic nitrogens is 1. The molecule has 3 nitrogen and oxygen atoms in total. The summed E-state index contributed by atoms with van der Waals surface area (Å²) in [5, 5.41) is 0.876. The number of carbonyl (C=O) groups excluding carboxylic acids is 1. The third kappa shape index (κ3) is 2.78. The van der Waals surface area contributed by atoms with Crippen LogP contribution in [0.4, 0.5) is 0 Å². The number of ether oxygens (including phenoxy) is 1. The van der Waals surface area contributed by atoms with E-state index < -0.39 is 0 Å². The topological polar surface area (TPSA) is 39.2 Å². The highest BCUT2D eigenvalue weighted by atomic mass is 32.1. The predicted octanol–water partition coefficient (Wildman–Crippen LogP) is 4.61. The van der Waals surface area contributed by atoms with Crippen LogP contribution in [-0.2, 0) is 0 Å². The highest BCUT2D eigenvalue weighted by Crippen LogP contribution is 2.29. The lowest BCUT2D eigenvalue weighted by molar-refractivity contribution is 0.112. The zero-order chi connectivity index (χ0) is 15.5. The molecule has 4 heteroatoms. The highest BCUT2D eigenvalue weighted by molar-refractivity contribution is 7.16. The van der Waals surface area contributed by atoms with E-state index in [1.165, 1.54) is 11.3 Å². The lowest BCUT2D eigenvalue weighted by Crippen LogP contribution is -1.83. The Kier molecular flexibility index (Phi) is 4.02. The number of hydrogen-bond acceptors (Lipinski definition) is 4. The van der Waals surface area contributed by atoms with Crippen molar-refractivity contribution in [3.05, 3.63) is 59.1 Å². The Balaban J connectivity index is 1.89. The Morgan fingerprint density at radius 3 is 2.00 bits per heavy atom. The summed E-state index contributed by atoms with van der Waals surface area (Å²) in [6, 6.07) is 16.2. The molecule has 1 heterocycles. The number of benzene rings is 2. The van der Waals surface area contributed by atoms with E-state index in [2.05, 4.69) is 17.1 Å². The number of carbonyl (C=O) groups is 1. The van der Waals surface area contributed by atoms with Crippen molar-refractivity contribution in [1.29, 1.82) is 0 Å². The summed E-state index contributed by atoms with van der Waals surface area (Å²) in [4.78, 5) is 16.1. The van der Waals surface area contributed by atoms with Crippen molar-refractivity contribution in [2.75, 3.05) is 7.11 Å². The van der Waals surface area contributed by atoms with Crippen LogP contribution in [0.3, 0.4) is 0 Å². The number of rotatable bonds is 4. The maximum absolute atomic E-state index is 10.9. The standard InChI is InChI=1S/C18H15NO2S/c1-12-17(11-20)22-18(19-12)15-5-3-13(4-6-15)14-7-9-16(21-2)10-8-14/h3-11H,1-2H3. The van der Waals surface area contributed by atoms with Gasteiger partial charge in [0.1, 0.15) is 10.8 Å². The third-order valence-corrected chi connectivity index (χ3v) is 4.63. The van der Waals surface area contributed by atoms with Gasteiger partial charge in [0.25, 0.3) is 0 Å². The molecule has 3 aromatic rings. The lowest BCUT2D eigenvalue weighted by atomic mass is 10.0. The van der Waals surface area contributed by atoms with Crippen molar-refractivity contribution in [2.24, 2.45) is 0 Å². The normalized spacial score (nSPS) is 10.5. The molecule has 1 aromatic heterocycles. The summed E-state index contributed by atoms with van der Waals surface area (Å²) in [6.45, 7) is 1.86. The van der Waals surface area contributed by atoms with E-state index >= 15 is 0 Å². The minimum absolute atomic E-state index is 0.689. The molecule has 110 valence electrons. The third-order valence-electron chi connectivity index (χ3n) is 3.49. The SMILES string of the molecule is COc1ccc(-c2ccc(-c3nc(C)c(C=O)s3)cc2)cc1. The van der Waals surface area contributed by atoms with Crippen LogP contribution in [0.25, 0.3) is 21.7 Å². The van der Waals surface area contributed by atoms with Gasteiger partial charge in [0.05, 0.1) is 17.7 Å². The smallest absolute Gasteiger partial charge is 0.161 e. The fourth-order valence-electron chi connectivity index (χ4n) is 2.23. The zero-order valence-electron chi connectivity index (χ0n) is 12.4. The lowest BCUT2D eigenvalue weighted by Gasteiger charge is -2.04. The molecule has 0 fully saturated rings. The zero-order valence-corrected chi connectivity index (χ0v) is 13.2. The van der Waals surface area contributed by atoms with E-state index in [1.54, 1.807) is 7.11 Å². The molecular formula is C18H15NO2S. The Labute approximate surface area is 133 Å². The second-order valence-corrected chi connectivity index (χ2v) is 5.92. The predicted molar refractivity (Wildman–Crippen MR) is 89.7 cm³/mol. The van der Waals surface area contributed by atoms with Gasteiger partial charge in [-0.05, 0) is 30.2 Å². The quantitative estimate of drug-likeness (QED) is 0.661. The second-order valence-electron chi connectivity index (χ2n) is 4.89. The van der Waals surface area contributed by atoms with Gasteiger partial charge in [-0.25, -0.2) is 4.98 Å². The minimum atomic E-state index is 0.689. The summed E-state index contributed by atoms with van der Waals surface area (Å²) in [5.41, 5.74) is 4.08. The number of hydrogen-bond donors (Lipinski definition) is 0. The van der Waals surface area contributed by atoms with Gasteiger partial charge in [-0.2, -0.15) is 0 Å². The first kappa shape index (κ1) is 14.5. The molecule has 0 atom stereocenters. The summed E-state index contributed by atoms with van der Waals surface area (Å²) < 4.78 is 5.17. The van der Waals surface area contributed by atoms with E-state index in [-0.39, 0.29) is 0 Å². The molecule has 0 radical (unpaired) electrons. The molecule has 0 aliphatic rings. The fraction of sp³-hybridized carbons (Fsp3) is 0.111. The minimum Gasteiger partial charge on any atom is -0.497 e. The molecular weight excluding hydrogens is 294 g/mol. The second kappa shape index (κ2) is 6.12. The van der Waals surface area contributed by atoms with Crippen molar-refractivity contribution < 1.29 is 9.53 Å². The molecule has 2 aromatic carbocycles. The first-order valence-electron chi connectivity index (χ1n) is 6.88.